The van der Waals surface area contributed by atoms with Crippen LogP contribution in [0.3, 0.4) is 0 Å². The van der Waals surface area contributed by atoms with Crippen molar-refractivity contribution in [3.63, 3.8) is 0 Å². The molecule has 0 aliphatic heterocycles. The van der Waals surface area contributed by atoms with E-state index in [0.29, 0.717) is 23.0 Å². The van der Waals surface area contributed by atoms with E-state index in [2.05, 4.69) is 15.5 Å². The zero-order valence-electron chi connectivity index (χ0n) is 16.8. The Morgan fingerprint density at radius 1 is 0.900 bits per heavy atom. The first-order valence-corrected chi connectivity index (χ1v) is 9.59. The molecule has 0 fully saturated rings. The number of anilines is 1. The number of ether oxygens (including phenoxy) is 1. The average Bonchev–Trinajstić information content (AvgIpc) is 3.24. The largest absolute Gasteiger partial charge is 0.483 e. The van der Waals surface area contributed by atoms with E-state index in [0.717, 1.165) is 22.4 Å². The highest BCUT2D eigenvalue weighted by atomic mass is 16.5. The molecule has 3 aromatic carbocycles. The summed E-state index contributed by atoms with van der Waals surface area (Å²) in [5, 5.41) is 6.96. The highest BCUT2D eigenvalue weighted by Gasteiger charge is 2.16. The number of amides is 1. The molecule has 0 aliphatic rings. The number of carbonyl (C=O) groups is 1. The summed E-state index contributed by atoms with van der Waals surface area (Å²) in [6.45, 7) is 3.80. The predicted octanol–water partition coefficient (Wildman–Crippen LogP) is 5.04. The molecule has 0 bridgehead atoms. The number of nitrogens with zero attached hydrogens (tertiary/aromatic N) is 2. The third kappa shape index (κ3) is 4.22. The molecule has 6 heteroatoms. The first-order valence-electron chi connectivity index (χ1n) is 9.59. The van der Waals surface area contributed by atoms with Gasteiger partial charge < -0.3 is 14.6 Å². The lowest BCUT2D eigenvalue weighted by atomic mass is 10.1. The van der Waals surface area contributed by atoms with Crippen molar-refractivity contribution in [1.29, 1.82) is 0 Å². The molecule has 6 nitrogen and oxygen atoms in total. The van der Waals surface area contributed by atoms with Gasteiger partial charge in [-0.15, -0.1) is 0 Å². The van der Waals surface area contributed by atoms with Crippen LogP contribution in [-0.4, -0.2) is 22.7 Å². The predicted molar refractivity (Wildman–Crippen MR) is 115 cm³/mol. The number of hydrogen-bond acceptors (Lipinski definition) is 5. The lowest BCUT2D eigenvalue weighted by molar-refractivity contribution is -0.118. The minimum absolute atomic E-state index is 0.135. The van der Waals surface area contributed by atoms with E-state index in [-0.39, 0.29) is 12.5 Å². The molecule has 0 spiro atoms. The van der Waals surface area contributed by atoms with Crippen molar-refractivity contribution >= 4 is 11.6 Å². The van der Waals surface area contributed by atoms with Crippen LogP contribution in [-0.2, 0) is 4.79 Å². The normalized spacial score (nSPS) is 10.6. The molecule has 1 amide bonds. The minimum atomic E-state index is -0.245. The molecule has 0 atom stereocenters. The second kappa shape index (κ2) is 8.61. The fraction of sp³-hybridized carbons (Fsp3) is 0.125. The number of aromatic nitrogens is 2. The van der Waals surface area contributed by atoms with Crippen molar-refractivity contribution in [2.24, 2.45) is 0 Å². The zero-order valence-corrected chi connectivity index (χ0v) is 16.8. The van der Waals surface area contributed by atoms with Gasteiger partial charge in [-0.3, -0.25) is 4.79 Å². The number of aryl methyl sites for hydroxylation is 2. The molecule has 0 saturated carbocycles. The molecule has 0 radical (unpaired) electrons. The molecule has 30 heavy (non-hydrogen) atoms. The van der Waals surface area contributed by atoms with Crippen LogP contribution >= 0.6 is 0 Å². The maximum Gasteiger partial charge on any atom is 0.262 e. The number of carbonyl (C=O) groups excluding carboxylic acids is 1. The SMILES string of the molecule is Cc1ccccc1NC(=O)COc1ccccc1-c1nc(-c2ccccc2C)no1. The molecule has 4 rings (SSSR count). The van der Waals surface area contributed by atoms with Crippen LogP contribution in [0, 0.1) is 13.8 Å². The highest BCUT2D eigenvalue weighted by Crippen LogP contribution is 2.30. The molecule has 0 saturated heterocycles. The molecule has 0 unspecified atom stereocenters. The van der Waals surface area contributed by atoms with Gasteiger partial charge in [0.15, 0.2) is 6.61 Å². The van der Waals surface area contributed by atoms with Gasteiger partial charge in [0.2, 0.25) is 5.82 Å². The van der Waals surface area contributed by atoms with Crippen LogP contribution < -0.4 is 10.1 Å². The summed E-state index contributed by atoms with van der Waals surface area (Å²) in [6, 6.07) is 22.7. The van der Waals surface area contributed by atoms with Crippen LogP contribution in [0.15, 0.2) is 77.3 Å². The molecule has 0 aliphatic carbocycles. The summed E-state index contributed by atoms with van der Waals surface area (Å²) in [6.07, 6.45) is 0. The van der Waals surface area contributed by atoms with Gasteiger partial charge in [-0.1, -0.05) is 59.8 Å². The number of rotatable bonds is 6. The zero-order chi connectivity index (χ0) is 20.9. The molecular formula is C24H21N3O3. The monoisotopic (exact) mass is 399 g/mol. The van der Waals surface area contributed by atoms with Gasteiger partial charge in [0.05, 0.1) is 5.56 Å². The van der Waals surface area contributed by atoms with Crippen molar-refractivity contribution in [3.8, 4) is 28.6 Å². The number of nitrogens with one attached hydrogen (secondary N) is 1. The van der Waals surface area contributed by atoms with Gasteiger partial charge in [-0.05, 0) is 43.2 Å². The Hall–Kier alpha value is -3.93. The third-order valence-electron chi connectivity index (χ3n) is 4.71. The van der Waals surface area contributed by atoms with Crippen molar-refractivity contribution in [2.75, 3.05) is 11.9 Å². The highest BCUT2D eigenvalue weighted by molar-refractivity contribution is 5.92. The van der Waals surface area contributed by atoms with E-state index in [1.54, 1.807) is 6.07 Å². The van der Waals surface area contributed by atoms with Crippen molar-refractivity contribution in [3.05, 3.63) is 83.9 Å². The Labute approximate surface area is 174 Å². The number of para-hydroxylation sites is 2. The van der Waals surface area contributed by atoms with Gasteiger partial charge >= 0.3 is 0 Å². The maximum atomic E-state index is 12.3. The molecule has 150 valence electrons. The molecule has 1 N–H and O–H groups in total. The quantitative estimate of drug-likeness (QED) is 0.492. The van der Waals surface area contributed by atoms with Crippen molar-refractivity contribution < 1.29 is 14.1 Å². The fourth-order valence-corrected chi connectivity index (χ4v) is 3.08. The Bertz CT molecular complexity index is 1180. The second-order valence-electron chi connectivity index (χ2n) is 6.89. The Kier molecular flexibility index (Phi) is 5.57. The Balaban J connectivity index is 1.50. The van der Waals surface area contributed by atoms with Gasteiger partial charge in [-0.2, -0.15) is 4.98 Å². The standard InChI is InChI=1S/C24H21N3O3/c1-16-9-3-5-11-18(16)23-26-24(30-27-23)19-12-6-8-14-21(19)29-15-22(28)25-20-13-7-4-10-17(20)2/h3-14H,15H2,1-2H3,(H,25,28). The molecular weight excluding hydrogens is 378 g/mol. The maximum absolute atomic E-state index is 12.3. The van der Waals surface area contributed by atoms with E-state index >= 15 is 0 Å². The average molecular weight is 399 g/mol. The second-order valence-corrected chi connectivity index (χ2v) is 6.89. The van der Waals surface area contributed by atoms with Crippen LogP contribution in [0.1, 0.15) is 11.1 Å². The van der Waals surface area contributed by atoms with Crippen LogP contribution in [0.4, 0.5) is 5.69 Å². The summed E-state index contributed by atoms with van der Waals surface area (Å²) < 4.78 is 11.2. The lowest BCUT2D eigenvalue weighted by Crippen LogP contribution is -2.20. The number of benzene rings is 3. The van der Waals surface area contributed by atoms with Crippen LogP contribution in [0.2, 0.25) is 0 Å². The Morgan fingerprint density at radius 3 is 2.33 bits per heavy atom. The van der Waals surface area contributed by atoms with Gasteiger partial charge in [0.25, 0.3) is 11.8 Å². The van der Waals surface area contributed by atoms with E-state index in [4.69, 9.17) is 9.26 Å². The summed E-state index contributed by atoms with van der Waals surface area (Å²) in [7, 11) is 0. The van der Waals surface area contributed by atoms with E-state index in [9.17, 15) is 4.79 Å². The van der Waals surface area contributed by atoms with Gasteiger partial charge in [-0.25, -0.2) is 0 Å². The van der Waals surface area contributed by atoms with Gasteiger partial charge in [0.1, 0.15) is 5.75 Å². The smallest absolute Gasteiger partial charge is 0.262 e. The third-order valence-corrected chi connectivity index (χ3v) is 4.71. The molecule has 1 heterocycles. The van der Waals surface area contributed by atoms with Crippen LogP contribution in [0.5, 0.6) is 5.75 Å². The molecule has 4 aromatic rings. The van der Waals surface area contributed by atoms with Crippen molar-refractivity contribution in [2.45, 2.75) is 13.8 Å². The van der Waals surface area contributed by atoms with Crippen molar-refractivity contribution in [1.82, 2.24) is 10.1 Å². The van der Waals surface area contributed by atoms with Crippen LogP contribution in [0.25, 0.3) is 22.8 Å². The van der Waals surface area contributed by atoms with E-state index in [1.165, 1.54) is 0 Å². The summed E-state index contributed by atoms with van der Waals surface area (Å²) in [4.78, 5) is 16.8. The summed E-state index contributed by atoms with van der Waals surface area (Å²) >= 11 is 0. The lowest BCUT2D eigenvalue weighted by Gasteiger charge is -2.11. The molecule has 1 aromatic heterocycles. The first-order chi connectivity index (χ1) is 14.6. The fourth-order valence-electron chi connectivity index (χ4n) is 3.08. The van der Waals surface area contributed by atoms with E-state index < -0.39 is 0 Å². The van der Waals surface area contributed by atoms with E-state index in [1.807, 2.05) is 80.6 Å². The summed E-state index contributed by atoms with van der Waals surface area (Å²) in [5.74, 6) is 1.10. The minimum Gasteiger partial charge on any atom is -0.483 e. The van der Waals surface area contributed by atoms with Gasteiger partial charge in [0, 0.05) is 11.3 Å². The number of hydrogen-bond donors (Lipinski definition) is 1. The topological polar surface area (TPSA) is 77.2 Å². The Morgan fingerprint density at radius 2 is 1.57 bits per heavy atom. The first kappa shape index (κ1) is 19.4. The summed E-state index contributed by atoms with van der Waals surface area (Å²) in [5.41, 5.74) is 4.35.